The van der Waals surface area contributed by atoms with Gasteiger partial charge in [-0.15, -0.1) is 0 Å². The molecule has 8 nitrogen and oxygen atoms in total. The van der Waals surface area contributed by atoms with Gasteiger partial charge < -0.3 is 24.8 Å². The van der Waals surface area contributed by atoms with Crippen molar-refractivity contribution in [3.8, 4) is 11.5 Å². The molecule has 31 heavy (non-hydrogen) atoms. The highest BCUT2D eigenvalue weighted by Gasteiger charge is 2.08. The maximum absolute atomic E-state index is 12.1. The van der Waals surface area contributed by atoms with Crippen LogP contribution in [0.3, 0.4) is 0 Å². The Morgan fingerprint density at radius 2 is 1.48 bits per heavy atom. The van der Waals surface area contributed by atoms with Gasteiger partial charge >= 0.3 is 6.16 Å². The van der Waals surface area contributed by atoms with Gasteiger partial charge in [-0.3, -0.25) is 9.59 Å². The number of hydrogen-bond acceptors (Lipinski definition) is 6. The van der Waals surface area contributed by atoms with Gasteiger partial charge in [0.1, 0.15) is 11.5 Å². The fourth-order valence-electron chi connectivity index (χ4n) is 2.64. The number of hydrogen-bond donors (Lipinski definition) is 2. The van der Waals surface area contributed by atoms with E-state index in [4.69, 9.17) is 9.47 Å². The minimum absolute atomic E-state index is 0.0942. The van der Waals surface area contributed by atoms with Crippen molar-refractivity contribution in [3.63, 3.8) is 0 Å². The first-order valence-corrected chi connectivity index (χ1v) is 10.2. The lowest BCUT2D eigenvalue weighted by molar-refractivity contribution is -0.123. The third-order valence-electron chi connectivity index (χ3n) is 4.14. The van der Waals surface area contributed by atoms with Crippen LogP contribution >= 0.6 is 0 Å². The Morgan fingerprint density at radius 1 is 0.839 bits per heavy atom. The van der Waals surface area contributed by atoms with Crippen LogP contribution in [0.1, 0.15) is 36.2 Å². The van der Waals surface area contributed by atoms with E-state index in [1.165, 1.54) is 29.8 Å². The zero-order chi connectivity index (χ0) is 22.5. The number of carbonyl (C=O) groups is 3. The van der Waals surface area contributed by atoms with Crippen molar-refractivity contribution in [3.05, 3.63) is 59.7 Å². The summed E-state index contributed by atoms with van der Waals surface area (Å²) in [5.41, 5.74) is 1.63. The SMILES string of the molecule is CCCc1ccc(OCC(=O)NCCNC(=O)c2ccc(OC(=O)OCC)cc2)cc1. The van der Waals surface area contributed by atoms with Crippen LogP contribution in [0, 0.1) is 0 Å². The Labute approximate surface area is 181 Å². The van der Waals surface area contributed by atoms with Crippen molar-refractivity contribution in [1.82, 2.24) is 10.6 Å². The summed E-state index contributed by atoms with van der Waals surface area (Å²) in [5, 5.41) is 5.38. The summed E-state index contributed by atoms with van der Waals surface area (Å²) < 4.78 is 15.1. The Balaban J connectivity index is 1.64. The van der Waals surface area contributed by atoms with Gasteiger partial charge in [0.05, 0.1) is 6.61 Å². The molecule has 2 aromatic rings. The second-order valence-electron chi connectivity index (χ2n) is 6.60. The van der Waals surface area contributed by atoms with Crippen LogP contribution in [0.5, 0.6) is 11.5 Å². The predicted molar refractivity (Wildman–Crippen MR) is 115 cm³/mol. The van der Waals surface area contributed by atoms with Crippen LogP contribution in [-0.4, -0.2) is 44.3 Å². The molecule has 0 fully saturated rings. The normalized spacial score (nSPS) is 10.1. The van der Waals surface area contributed by atoms with Gasteiger partial charge in [-0.1, -0.05) is 25.5 Å². The summed E-state index contributed by atoms with van der Waals surface area (Å²) in [6.07, 6.45) is 1.29. The molecule has 0 aliphatic rings. The number of ether oxygens (including phenoxy) is 3. The highest BCUT2D eigenvalue weighted by Crippen LogP contribution is 2.14. The summed E-state index contributed by atoms with van der Waals surface area (Å²) in [7, 11) is 0. The molecule has 0 heterocycles. The van der Waals surface area contributed by atoms with E-state index in [1.807, 2.05) is 24.3 Å². The number of amides is 2. The van der Waals surface area contributed by atoms with E-state index in [9.17, 15) is 14.4 Å². The van der Waals surface area contributed by atoms with E-state index >= 15 is 0 Å². The van der Waals surface area contributed by atoms with Crippen LogP contribution in [0.15, 0.2) is 48.5 Å². The molecule has 0 radical (unpaired) electrons. The molecule has 0 unspecified atom stereocenters. The second kappa shape index (κ2) is 12.9. The first kappa shape index (κ1) is 23.7. The van der Waals surface area contributed by atoms with Gasteiger partial charge in [0, 0.05) is 18.7 Å². The highest BCUT2D eigenvalue weighted by atomic mass is 16.7. The van der Waals surface area contributed by atoms with E-state index in [1.54, 1.807) is 6.92 Å². The average molecular weight is 428 g/mol. The lowest BCUT2D eigenvalue weighted by atomic mass is 10.1. The average Bonchev–Trinajstić information content (AvgIpc) is 2.77. The van der Waals surface area contributed by atoms with Crippen LogP contribution in [0.25, 0.3) is 0 Å². The fourth-order valence-corrected chi connectivity index (χ4v) is 2.64. The summed E-state index contributed by atoms with van der Waals surface area (Å²) in [4.78, 5) is 35.3. The van der Waals surface area contributed by atoms with E-state index in [2.05, 4.69) is 22.3 Å². The monoisotopic (exact) mass is 428 g/mol. The molecule has 2 rings (SSSR count). The molecule has 0 aliphatic carbocycles. The maximum atomic E-state index is 12.1. The molecule has 2 N–H and O–H groups in total. The summed E-state index contributed by atoms with van der Waals surface area (Å²) in [6.45, 7) is 4.45. The van der Waals surface area contributed by atoms with Gasteiger partial charge in [0.15, 0.2) is 6.61 Å². The van der Waals surface area contributed by atoms with E-state index in [0.29, 0.717) is 11.3 Å². The van der Waals surface area contributed by atoms with Crippen molar-refractivity contribution in [2.24, 2.45) is 0 Å². The summed E-state index contributed by atoms with van der Waals surface area (Å²) in [6, 6.07) is 13.7. The number of benzene rings is 2. The zero-order valence-electron chi connectivity index (χ0n) is 17.8. The van der Waals surface area contributed by atoms with Crippen LogP contribution < -0.4 is 20.1 Å². The largest absolute Gasteiger partial charge is 0.513 e. The standard InChI is InChI=1S/C23H28N2O6/c1-3-5-17-6-10-19(11-7-17)30-16-21(26)24-14-15-25-22(27)18-8-12-20(13-9-18)31-23(28)29-4-2/h6-13H,3-5,14-16H2,1-2H3,(H,24,26)(H,25,27). The van der Waals surface area contributed by atoms with Gasteiger partial charge in [-0.25, -0.2) is 4.79 Å². The first-order chi connectivity index (χ1) is 15.0. The molecule has 0 atom stereocenters. The zero-order valence-corrected chi connectivity index (χ0v) is 17.8. The third-order valence-corrected chi connectivity index (χ3v) is 4.14. The third kappa shape index (κ3) is 8.77. The highest BCUT2D eigenvalue weighted by molar-refractivity contribution is 5.94. The topological polar surface area (TPSA) is 103 Å². The first-order valence-electron chi connectivity index (χ1n) is 10.2. The second-order valence-corrected chi connectivity index (χ2v) is 6.60. The van der Waals surface area contributed by atoms with Crippen LogP contribution in [0.2, 0.25) is 0 Å². The van der Waals surface area contributed by atoms with Crippen molar-refractivity contribution >= 4 is 18.0 Å². The lowest BCUT2D eigenvalue weighted by Crippen LogP contribution is -2.36. The minimum Gasteiger partial charge on any atom is -0.484 e. The Bertz CT molecular complexity index is 849. The molecular weight excluding hydrogens is 400 g/mol. The van der Waals surface area contributed by atoms with Crippen molar-refractivity contribution in [1.29, 1.82) is 0 Å². The van der Waals surface area contributed by atoms with Gasteiger partial charge in [0.25, 0.3) is 11.8 Å². The minimum atomic E-state index is -0.798. The summed E-state index contributed by atoms with van der Waals surface area (Å²) in [5.74, 6) is 0.341. The molecule has 0 saturated heterocycles. The molecule has 166 valence electrons. The fraction of sp³-hybridized carbons (Fsp3) is 0.348. The molecule has 2 amide bonds. The molecule has 0 saturated carbocycles. The van der Waals surface area contributed by atoms with Crippen molar-refractivity contribution < 1.29 is 28.6 Å². The van der Waals surface area contributed by atoms with Crippen molar-refractivity contribution in [2.75, 3.05) is 26.3 Å². The van der Waals surface area contributed by atoms with Gasteiger partial charge in [-0.05, 0) is 55.3 Å². The smallest absolute Gasteiger partial charge is 0.484 e. The van der Waals surface area contributed by atoms with Gasteiger partial charge in [0.2, 0.25) is 0 Å². The maximum Gasteiger partial charge on any atom is 0.513 e. The quantitative estimate of drug-likeness (QED) is 0.324. The number of carbonyl (C=O) groups excluding carboxylic acids is 3. The molecule has 2 aromatic carbocycles. The van der Waals surface area contributed by atoms with Crippen LogP contribution in [-0.2, 0) is 16.0 Å². The van der Waals surface area contributed by atoms with E-state index < -0.39 is 6.16 Å². The molecule has 0 aliphatic heterocycles. The van der Waals surface area contributed by atoms with E-state index in [0.717, 1.165) is 12.8 Å². The van der Waals surface area contributed by atoms with Gasteiger partial charge in [-0.2, -0.15) is 0 Å². The number of aryl methyl sites for hydroxylation is 1. The van der Waals surface area contributed by atoms with Crippen molar-refractivity contribution in [2.45, 2.75) is 26.7 Å². The van der Waals surface area contributed by atoms with Crippen LogP contribution in [0.4, 0.5) is 4.79 Å². The molecule has 0 spiro atoms. The molecule has 8 heteroatoms. The molecule has 0 aromatic heterocycles. The number of rotatable bonds is 11. The lowest BCUT2D eigenvalue weighted by Gasteiger charge is -2.09. The Hall–Kier alpha value is -3.55. The summed E-state index contributed by atoms with van der Waals surface area (Å²) >= 11 is 0. The Morgan fingerprint density at radius 3 is 2.13 bits per heavy atom. The predicted octanol–water partition coefficient (Wildman–Crippen LogP) is 3.10. The molecule has 0 bridgehead atoms. The molecular formula is C23H28N2O6. The Kier molecular flexibility index (Phi) is 9.87. The number of nitrogens with one attached hydrogen (secondary N) is 2. The van der Waals surface area contributed by atoms with E-state index in [-0.39, 0.29) is 43.9 Å².